The Bertz CT molecular complexity index is 464. The van der Waals surface area contributed by atoms with Crippen LogP contribution in [0.2, 0.25) is 0 Å². The van der Waals surface area contributed by atoms with Crippen LogP contribution < -0.4 is 0 Å². The summed E-state index contributed by atoms with van der Waals surface area (Å²) in [4.78, 5) is 0. The molecule has 100 valence electrons. The summed E-state index contributed by atoms with van der Waals surface area (Å²) in [6.07, 6.45) is -4.42. The van der Waals surface area contributed by atoms with Gasteiger partial charge in [-0.2, -0.15) is 16.8 Å². The van der Waals surface area contributed by atoms with Gasteiger partial charge in [0.05, 0.1) is 11.5 Å². The largest absolute Gasteiger partial charge is 0.302 e. The number of hydrogen-bond donors (Lipinski definition) is 0. The van der Waals surface area contributed by atoms with Gasteiger partial charge < -0.3 is 0 Å². The molecule has 0 bridgehead atoms. The summed E-state index contributed by atoms with van der Waals surface area (Å²) in [5.41, 5.74) is 0. The van der Waals surface area contributed by atoms with Crippen LogP contribution in [-0.2, 0) is 28.6 Å². The van der Waals surface area contributed by atoms with Crippen molar-refractivity contribution < 1.29 is 34.0 Å². The predicted molar refractivity (Wildman–Crippen MR) is 51.5 cm³/mol. The Morgan fingerprint density at radius 3 is 1.47 bits per heavy atom. The maximum absolute atomic E-state index is 13.7. The van der Waals surface area contributed by atoms with Crippen LogP contribution in [0.5, 0.6) is 0 Å². The van der Waals surface area contributed by atoms with E-state index in [1.807, 2.05) is 0 Å². The van der Waals surface area contributed by atoms with Crippen molar-refractivity contribution in [1.82, 2.24) is 0 Å². The summed E-state index contributed by atoms with van der Waals surface area (Å²) in [6, 6.07) is 0. The van der Waals surface area contributed by atoms with Crippen LogP contribution in [0, 0.1) is 0 Å². The molecular formula is C7H10F2O6S2. The van der Waals surface area contributed by atoms with Gasteiger partial charge in [-0.25, -0.2) is 8.78 Å². The second-order valence-corrected chi connectivity index (χ2v) is 7.38. The van der Waals surface area contributed by atoms with E-state index in [2.05, 4.69) is 8.37 Å². The lowest BCUT2D eigenvalue weighted by molar-refractivity contribution is -0.148. The first-order valence-electron chi connectivity index (χ1n) is 4.82. The van der Waals surface area contributed by atoms with Crippen molar-refractivity contribution in [2.75, 3.05) is 11.5 Å². The van der Waals surface area contributed by atoms with Crippen LogP contribution in [0.15, 0.2) is 0 Å². The van der Waals surface area contributed by atoms with E-state index in [-0.39, 0.29) is 12.8 Å². The monoisotopic (exact) mass is 292 g/mol. The molecule has 2 fully saturated rings. The van der Waals surface area contributed by atoms with Crippen molar-refractivity contribution in [3.63, 3.8) is 0 Å². The van der Waals surface area contributed by atoms with Crippen LogP contribution >= 0.6 is 0 Å². The van der Waals surface area contributed by atoms with Gasteiger partial charge in [0.1, 0.15) is 12.2 Å². The van der Waals surface area contributed by atoms with Gasteiger partial charge in [-0.05, 0) is 12.8 Å². The molecule has 2 aliphatic heterocycles. The molecule has 0 N–H and O–H groups in total. The second kappa shape index (κ2) is 3.84. The number of rotatable bonds is 2. The summed E-state index contributed by atoms with van der Waals surface area (Å²) in [5.74, 6) is -4.62. The van der Waals surface area contributed by atoms with E-state index in [9.17, 15) is 25.6 Å². The number of alkyl halides is 2. The fourth-order valence-corrected chi connectivity index (χ4v) is 4.12. The minimum absolute atomic E-state index is 0.366. The zero-order chi connectivity index (χ0) is 12.9. The summed E-state index contributed by atoms with van der Waals surface area (Å²) in [7, 11) is -7.84. The third-order valence-corrected chi connectivity index (χ3v) is 5.17. The van der Waals surface area contributed by atoms with Crippen molar-refractivity contribution >= 4 is 20.2 Å². The highest BCUT2D eigenvalue weighted by atomic mass is 32.2. The van der Waals surface area contributed by atoms with E-state index >= 15 is 0 Å². The fourth-order valence-electron chi connectivity index (χ4n) is 1.77. The molecule has 0 aromatic heterocycles. The third-order valence-electron chi connectivity index (χ3n) is 2.64. The third kappa shape index (κ3) is 2.59. The highest BCUT2D eigenvalue weighted by Crippen LogP contribution is 2.38. The van der Waals surface area contributed by atoms with Crippen LogP contribution in [0.25, 0.3) is 0 Å². The molecule has 2 heterocycles. The van der Waals surface area contributed by atoms with Gasteiger partial charge in [0, 0.05) is 0 Å². The topological polar surface area (TPSA) is 86.7 Å². The van der Waals surface area contributed by atoms with Crippen LogP contribution in [0.3, 0.4) is 0 Å². The summed E-state index contributed by atoms with van der Waals surface area (Å²) in [5, 5.41) is 0. The van der Waals surface area contributed by atoms with E-state index < -0.39 is 49.9 Å². The van der Waals surface area contributed by atoms with E-state index in [1.54, 1.807) is 0 Å². The van der Waals surface area contributed by atoms with Gasteiger partial charge in [0.2, 0.25) is 0 Å². The first-order chi connectivity index (χ1) is 7.62. The molecule has 17 heavy (non-hydrogen) atoms. The van der Waals surface area contributed by atoms with Crippen LogP contribution in [0.4, 0.5) is 8.78 Å². The Kier molecular flexibility index (Phi) is 2.96. The first kappa shape index (κ1) is 13.1. The second-order valence-electron chi connectivity index (χ2n) is 3.95. The van der Waals surface area contributed by atoms with Gasteiger partial charge in [0.15, 0.2) is 0 Å². The molecule has 0 aliphatic carbocycles. The normalized spacial score (nSPS) is 36.1. The summed E-state index contributed by atoms with van der Waals surface area (Å²) >= 11 is 0. The quantitative estimate of drug-likeness (QED) is 0.658. The molecule has 2 aliphatic rings. The van der Waals surface area contributed by atoms with Gasteiger partial charge >= 0.3 is 5.92 Å². The Hall–Kier alpha value is -0.320. The Balaban J connectivity index is 2.15. The predicted octanol–water partition coefficient (Wildman–Crippen LogP) is -0.141. The lowest BCUT2D eigenvalue weighted by atomic mass is 10.0. The van der Waals surface area contributed by atoms with Gasteiger partial charge in [0.25, 0.3) is 20.2 Å². The number of halogens is 2. The standard InChI is InChI=1S/C7H10F2O6S2/c8-7(9,5-1-3-16(10,11)14-5)6-2-4-17(12,13)15-6/h5-6H,1-4H2. The fraction of sp³-hybridized carbons (Fsp3) is 1.00. The highest BCUT2D eigenvalue weighted by molar-refractivity contribution is 7.87. The van der Waals surface area contributed by atoms with Crippen LogP contribution in [0.1, 0.15) is 12.8 Å². The lowest BCUT2D eigenvalue weighted by Gasteiger charge is -2.25. The minimum atomic E-state index is -3.92. The highest BCUT2D eigenvalue weighted by Gasteiger charge is 2.56. The summed E-state index contributed by atoms with van der Waals surface area (Å²) in [6.45, 7) is 0. The van der Waals surface area contributed by atoms with Crippen molar-refractivity contribution in [3.05, 3.63) is 0 Å². The van der Waals surface area contributed by atoms with Gasteiger partial charge in [-0.3, -0.25) is 8.37 Å². The average Bonchev–Trinajstić information content (AvgIpc) is 2.69. The molecule has 2 unspecified atom stereocenters. The number of hydrogen-bond acceptors (Lipinski definition) is 6. The Morgan fingerprint density at radius 1 is 0.882 bits per heavy atom. The van der Waals surface area contributed by atoms with E-state index in [4.69, 9.17) is 0 Å². The van der Waals surface area contributed by atoms with Crippen molar-refractivity contribution in [1.29, 1.82) is 0 Å². The SMILES string of the molecule is O=S1(=O)CCC(C(F)(F)C2CCS(=O)(=O)O2)O1. The molecule has 2 saturated heterocycles. The van der Waals surface area contributed by atoms with E-state index in [1.165, 1.54) is 0 Å². The van der Waals surface area contributed by atoms with E-state index in [0.29, 0.717) is 0 Å². The van der Waals surface area contributed by atoms with Crippen molar-refractivity contribution in [2.45, 2.75) is 31.0 Å². The van der Waals surface area contributed by atoms with Crippen molar-refractivity contribution in [3.8, 4) is 0 Å². The molecular weight excluding hydrogens is 282 g/mol. The molecule has 0 saturated carbocycles. The zero-order valence-corrected chi connectivity index (χ0v) is 10.1. The molecule has 2 rings (SSSR count). The molecule has 0 spiro atoms. The Morgan fingerprint density at radius 2 is 1.24 bits per heavy atom. The molecule has 0 amide bonds. The van der Waals surface area contributed by atoms with Crippen molar-refractivity contribution in [2.24, 2.45) is 0 Å². The van der Waals surface area contributed by atoms with Crippen LogP contribution in [-0.4, -0.2) is 46.5 Å². The molecule has 2 atom stereocenters. The zero-order valence-electron chi connectivity index (χ0n) is 8.51. The average molecular weight is 292 g/mol. The molecule has 10 heteroatoms. The smallest absolute Gasteiger partial charge is 0.260 e. The molecule has 0 aromatic rings. The lowest BCUT2D eigenvalue weighted by Crippen LogP contribution is -2.44. The maximum atomic E-state index is 13.7. The summed E-state index contributed by atoms with van der Waals surface area (Å²) < 4.78 is 79.6. The van der Waals surface area contributed by atoms with Gasteiger partial charge in [-0.15, -0.1) is 0 Å². The van der Waals surface area contributed by atoms with E-state index in [0.717, 1.165) is 0 Å². The first-order valence-corrected chi connectivity index (χ1v) is 7.98. The minimum Gasteiger partial charge on any atom is -0.260 e. The maximum Gasteiger partial charge on any atom is 0.302 e. The van der Waals surface area contributed by atoms with Gasteiger partial charge in [-0.1, -0.05) is 0 Å². The molecule has 0 aromatic carbocycles. The molecule has 6 nitrogen and oxygen atoms in total. The molecule has 0 radical (unpaired) electrons. The Labute approximate surface area is 97.1 Å².